The van der Waals surface area contributed by atoms with Crippen LogP contribution in [0.5, 0.6) is 0 Å². The fraction of sp³-hybridized carbons (Fsp3) is 0.400. The van der Waals surface area contributed by atoms with Gasteiger partial charge in [0.2, 0.25) is 0 Å². The lowest BCUT2D eigenvalue weighted by molar-refractivity contribution is 0.522. The number of aryl methyl sites for hydroxylation is 2. The highest BCUT2D eigenvalue weighted by atomic mass is 79.9. The molecule has 2 aromatic rings. The van der Waals surface area contributed by atoms with Crippen LogP contribution in [-0.4, -0.2) is 20.4 Å². The Balaban J connectivity index is 2.48. The van der Waals surface area contributed by atoms with Crippen LogP contribution in [0.25, 0.3) is 0 Å². The molecule has 1 heterocycles. The second kappa shape index (κ2) is 7.16. The van der Waals surface area contributed by atoms with Gasteiger partial charge in [-0.1, -0.05) is 55.6 Å². The highest BCUT2D eigenvalue weighted by Crippen LogP contribution is 2.36. The fourth-order valence-corrected chi connectivity index (χ4v) is 5.04. The normalized spacial score (nSPS) is 11.9. The third-order valence-electron chi connectivity index (χ3n) is 3.72. The van der Waals surface area contributed by atoms with Crippen molar-refractivity contribution >= 4 is 59.4 Å². The summed E-state index contributed by atoms with van der Waals surface area (Å²) in [4.78, 5) is 0. The van der Waals surface area contributed by atoms with Crippen LogP contribution in [0.3, 0.4) is 0 Å². The molecule has 21 heavy (non-hydrogen) atoms. The van der Waals surface area contributed by atoms with E-state index in [9.17, 15) is 0 Å². The predicted molar refractivity (Wildman–Crippen MR) is 100 cm³/mol. The molecule has 1 aromatic carbocycles. The largest absolute Gasteiger partial charge is 0.271 e. The molecule has 1 aromatic heterocycles. The molecule has 0 saturated carbocycles. The highest BCUT2D eigenvalue weighted by molar-refractivity contribution is 9.10. The van der Waals surface area contributed by atoms with Gasteiger partial charge in [0.1, 0.15) is 0 Å². The Bertz CT molecular complexity index is 636. The molecule has 0 spiro atoms. The standard InChI is InChI=1S/C15H16Br3ClN2/c1-10-14(18)13(21(2)20-10)7-15(8-16,9-17)11-4-3-5-12(19)6-11/h3-6H,7-9H2,1-2H3. The lowest BCUT2D eigenvalue weighted by Crippen LogP contribution is -2.34. The van der Waals surface area contributed by atoms with E-state index in [0.717, 1.165) is 32.3 Å². The summed E-state index contributed by atoms with van der Waals surface area (Å²) in [6.45, 7) is 2.01. The minimum atomic E-state index is -0.0757. The Morgan fingerprint density at radius 2 is 1.95 bits per heavy atom. The van der Waals surface area contributed by atoms with Crippen LogP contribution in [0.1, 0.15) is 17.0 Å². The van der Waals surface area contributed by atoms with E-state index < -0.39 is 0 Å². The van der Waals surface area contributed by atoms with Gasteiger partial charge in [0.15, 0.2) is 0 Å². The summed E-state index contributed by atoms with van der Waals surface area (Å²) < 4.78 is 3.03. The molecule has 0 fully saturated rings. The maximum atomic E-state index is 6.18. The summed E-state index contributed by atoms with van der Waals surface area (Å²) in [7, 11) is 1.98. The number of hydrogen-bond donors (Lipinski definition) is 0. The van der Waals surface area contributed by atoms with Crippen molar-refractivity contribution in [2.45, 2.75) is 18.8 Å². The molecule has 2 nitrogen and oxygen atoms in total. The van der Waals surface area contributed by atoms with Crippen molar-refractivity contribution in [3.05, 3.63) is 50.7 Å². The number of aromatic nitrogens is 2. The first kappa shape index (κ1) is 17.5. The van der Waals surface area contributed by atoms with E-state index in [2.05, 4.69) is 59.0 Å². The van der Waals surface area contributed by atoms with E-state index in [1.165, 1.54) is 11.3 Å². The third-order valence-corrected chi connectivity index (χ3v) is 7.13. The van der Waals surface area contributed by atoms with E-state index in [-0.39, 0.29) is 5.41 Å². The van der Waals surface area contributed by atoms with Crippen molar-refractivity contribution in [2.75, 3.05) is 10.7 Å². The Hall–Kier alpha value is 0.160. The quantitative estimate of drug-likeness (QED) is 0.503. The molecule has 0 N–H and O–H groups in total. The summed E-state index contributed by atoms with van der Waals surface area (Å²) in [5.41, 5.74) is 3.34. The molecule has 0 aliphatic heterocycles. The Labute approximate surface area is 155 Å². The topological polar surface area (TPSA) is 17.8 Å². The van der Waals surface area contributed by atoms with E-state index >= 15 is 0 Å². The van der Waals surface area contributed by atoms with Crippen LogP contribution in [0.4, 0.5) is 0 Å². The minimum absolute atomic E-state index is 0.0757. The van der Waals surface area contributed by atoms with Gasteiger partial charge in [0.05, 0.1) is 15.9 Å². The zero-order valence-electron chi connectivity index (χ0n) is 11.8. The molecule has 0 radical (unpaired) electrons. The lowest BCUT2D eigenvalue weighted by Gasteiger charge is -2.31. The first-order valence-corrected chi connectivity index (χ1v) is 9.91. The van der Waals surface area contributed by atoms with Crippen LogP contribution in [0.2, 0.25) is 5.02 Å². The van der Waals surface area contributed by atoms with Crippen LogP contribution in [0, 0.1) is 6.92 Å². The first-order valence-electron chi connectivity index (χ1n) is 6.49. The number of rotatable bonds is 5. The van der Waals surface area contributed by atoms with Gasteiger partial charge < -0.3 is 0 Å². The lowest BCUT2D eigenvalue weighted by atomic mass is 9.80. The smallest absolute Gasteiger partial charge is 0.0738 e. The van der Waals surface area contributed by atoms with Gasteiger partial charge >= 0.3 is 0 Å². The van der Waals surface area contributed by atoms with Crippen molar-refractivity contribution in [1.82, 2.24) is 9.78 Å². The molecule has 114 valence electrons. The van der Waals surface area contributed by atoms with Gasteiger partial charge in [-0.05, 0) is 40.5 Å². The van der Waals surface area contributed by atoms with Crippen molar-refractivity contribution < 1.29 is 0 Å². The molecule has 0 bridgehead atoms. The summed E-state index contributed by atoms with van der Waals surface area (Å²) >= 11 is 17.2. The number of alkyl halides is 2. The summed E-state index contributed by atoms with van der Waals surface area (Å²) in [5.74, 6) is 0. The Morgan fingerprint density at radius 3 is 2.43 bits per heavy atom. The van der Waals surface area contributed by atoms with Crippen LogP contribution >= 0.6 is 59.4 Å². The van der Waals surface area contributed by atoms with E-state index in [1.807, 2.05) is 36.9 Å². The van der Waals surface area contributed by atoms with Gasteiger partial charge in [-0.15, -0.1) is 0 Å². The molecular weight excluding hydrogens is 483 g/mol. The number of benzene rings is 1. The summed E-state index contributed by atoms with van der Waals surface area (Å²) in [6.07, 6.45) is 0.863. The van der Waals surface area contributed by atoms with Gasteiger partial charge in [-0.2, -0.15) is 5.10 Å². The zero-order chi connectivity index (χ0) is 15.6. The van der Waals surface area contributed by atoms with Crippen molar-refractivity contribution in [3.8, 4) is 0 Å². The highest BCUT2D eigenvalue weighted by Gasteiger charge is 2.33. The molecule has 0 atom stereocenters. The van der Waals surface area contributed by atoms with Crippen molar-refractivity contribution in [3.63, 3.8) is 0 Å². The maximum Gasteiger partial charge on any atom is 0.0738 e. The van der Waals surface area contributed by atoms with Crippen molar-refractivity contribution in [1.29, 1.82) is 0 Å². The molecule has 6 heteroatoms. The van der Waals surface area contributed by atoms with E-state index in [1.54, 1.807) is 0 Å². The number of nitrogens with zero attached hydrogens (tertiary/aromatic N) is 2. The van der Waals surface area contributed by atoms with Gasteiger partial charge in [-0.25, -0.2) is 0 Å². The monoisotopic (exact) mass is 496 g/mol. The molecule has 0 amide bonds. The predicted octanol–water partition coefficient (Wildman–Crippen LogP) is 5.41. The average Bonchev–Trinajstić information content (AvgIpc) is 2.70. The zero-order valence-corrected chi connectivity index (χ0v) is 17.4. The van der Waals surface area contributed by atoms with Crippen LogP contribution in [0.15, 0.2) is 28.7 Å². The first-order chi connectivity index (χ1) is 9.93. The van der Waals surface area contributed by atoms with Crippen LogP contribution in [-0.2, 0) is 18.9 Å². The molecule has 0 saturated heterocycles. The second-order valence-electron chi connectivity index (χ2n) is 5.20. The minimum Gasteiger partial charge on any atom is -0.271 e. The molecule has 0 aliphatic rings. The number of halogens is 4. The Morgan fingerprint density at radius 1 is 1.29 bits per heavy atom. The molecule has 0 unspecified atom stereocenters. The van der Waals surface area contributed by atoms with E-state index in [4.69, 9.17) is 11.6 Å². The third kappa shape index (κ3) is 3.57. The fourth-order valence-electron chi connectivity index (χ4n) is 2.40. The second-order valence-corrected chi connectivity index (χ2v) is 7.56. The maximum absolute atomic E-state index is 6.18. The van der Waals surface area contributed by atoms with Gasteiger partial charge in [0, 0.05) is 34.6 Å². The molecule has 0 aliphatic carbocycles. The number of hydrogen-bond acceptors (Lipinski definition) is 1. The SMILES string of the molecule is Cc1nn(C)c(CC(CBr)(CBr)c2cccc(Cl)c2)c1Br. The molecular formula is C15H16Br3ClN2. The van der Waals surface area contributed by atoms with Gasteiger partial charge in [-0.3, -0.25) is 4.68 Å². The van der Waals surface area contributed by atoms with Crippen molar-refractivity contribution in [2.24, 2.45) is 7.05 Å². The summed E-state index contributed by atoms with van der Waals surface area (Å²) in [5, 5.41) is 6.92. The Kier molecular flexibility index (Phi) is 5.97. The summed E-state index contributed by atoms with van der Waals surface area (Å²) in [6, 6.07) is 8.08. The average molecular weight is 499 g/mol. The van der Waals surface area contributed by atoms with Crippen LogP contribution < -0.4 is 0 Å². The van der Waals surface area contributed by atoms with Gasteiger partial charge in [0.25, 0.3) is 0 Å². The molecule has 2 rings (SSSR count). The van der Waals surface area contributed by atoms with E-state index in [0.29, 0.717) is 0 Å².